The summed E-state index contributed by atoms with van der Waals surface area (Å²) in [4.78, 5) is 4.57. The summed E-state index contributed by atoms with van der Waals surface area (Å²) in [6.07, 6.45) is 0.760. The minimum atomic E-state index is -0.245. The molecule has 0 saturated heterocycles. The maximum atomic E-state index is 14.0. The van der Waals surface area contributed by atoms with E-state index in [0.29, 0.717) is 17.8 Å². The number of nitrogens with zero attached hydrogens (tertiary/aromatic N) is 2. The second-order valence-electron chi connectivity index (χ2n) is 5.29. The summed E-state index contributed by atoms with van der Waals surface area (Å²) < 4.78 is 14.0. The third kappa shape index (κ3) is 2.80. The number of anilines is 1. The van der Waals surface area contributed by atoms with Crippen LogP contribution in [0.3, 0.4) is 0 Å². The minimum absolute atomic E-state index is 0.201. The van der Waals surface area contributed by atoms with Gasteiger partial charge in [0.05, 0.1) is 24.0 Å². The Morgan fingerprint density at radius 1 is 1.23 bits per heavy atom. The van der Waals surface area contributed by atoms with E-state index in [9.17, 15) is 4.39 Å². The van der Waals surface area contributed by atoms with Crippen LogP contribution in [0.15, 0.2) is 53.5 Å². The van der Waals surface area contributed by atoms with Crippen molar-refractivity contribution in [1.82, 2.24) is 5.01 Å². The zero-order chi connectivity index (χ0) is 15.5. The number of hydrogen-bond donors (Lipinski definition) is 2. The lowest BCUT2D eigenvalue weighted by Crippen LogP contribution is -2.47. The summed E-state index contributed by atoms with van der Waals surface area (Å²) in [6, 6.07) is 14.5. The summed E-state index contributed by atoms with van der Waals surface area (Å²) in [5.74, 6) is 0.481. The highest BCUT2D eigenvalue weighted by molar-refractivity contribution is 5.92. The van der Waals surface area contributed by atoms with Gasteiger partial charge in [0.1, 0.15) is 11.7 Å². The molecule has 0 saturated carbocycles. The van der Waals surface area contributed by atoms with Crippen molar-refractivity contribution >= 4 is 17.2 Å². The monoisotopic (exact) mass is 298 g/mol. The quantitative estimate of drug-likeness (QED) is 0.909. The van der Waals surface area contributed by atoms with Crippen LogP contribution in [0.1, 0.15) is 18.9 Å². The summed E-state index contributed by atoms with van der Waals surface area (Å²) in [5.41, 5.74) is 11.6. The van der Waals surface area contributed by atoms with Crippen molar-refractivity contribution in [2.24, 2.45) is 10.7 Å². The molecule has 4 nitrogen and oxygen atoms in total. The maximum Gasteiger partial charge on any atom is 0.141 e. The average molecular weight is 298 g/mol. The Kier molecular flexibility index (Phi) is 4.06. The first-order valence-electron chi connectivity index (χ1n) is 7.40. The molecular formula is C17H19FN4. The van der Waals surface area contributed by atoms with Crippen LogP contribution in [-0.2, 0) is 6.54 Å². The van der Waals surface area contributed by atoms with Crippen LogP contribution in [0.4, 0.5) is 15.8 Å². The van der Waals surface area contributed by atoms with E-state index in [1.807, 2.05) is 48.3 Å². The number of amidine groups is 1. The number of fused-ring (bicyclic) bond motifs is 1. The average Bonchev–Trinajstić information content (AvgIpc) is 2.55. The van der Waals surface area contributed by atoms with Gasteiger partial charge < -0.3 is 5.73 Å². The first-order valence-corrected chi connectivity index (χ1v) is 7.40. The molecule has 0 amide bonds. The van der Waals surface area contributed by atoms with Gasteiger partial charge in [-0.3, -0.25) is 10.4 Å². The van der Waals surface area contributed by atoms with E-state index in [4.69, 9.17) is 5.73 Å². The molecule has 0 spiro atoms. The fourth-order valence-electron chi connectivity index (χ4n) is 2.46. The van der Waals surface area contributed by atoms with Gasteiger partial charge in [-0.2, -0.15) is 0 Å². The fourth-order valence-corrected chi connectivity index (χ4v) is 2.46. The fraction of sp³-hybridized carbons (Fsp3) is 0.235. The molecule has 1 atom stereocenters. The van der Waals surface area contributed by atoms with Crippen LogP contribution in [0.25, 0.3) is 0 Å². The van der Waals surface area contributed by atoms with Crippen molar-refractivity contribution in [3.8, 4) is 0 Å². The minimum Gasteiger partial charge on any atom is -0.321 e. The van der Waals surface area contributed by atoms with Crippen LogP contribution in [-0.4, -0.2) is 16.9 Å². The molecule has 0 fully saturated rings. The van der Waals surface area contributed by atoms with Gasteiger partial charge in [-0.15, -0.1) is 0 Å². The summed E-state index contributed by atoms with van der Waals surface area (Å²) in [5, 5.41) is 1.83. The van der Waals surface area contributed by atoms with Crippen molar-refractivity contribution in [2.75, 3.05) is 5.43 Å². The Morgan fingerprint density at radius 3 is 2.73 bits per heavy atom. The van der Waals surface area contributed by atoms with Crippen molar-refractivity contribution in [2.45, 2.75) is 25.9 Å². The molecular weight excluding hydrogens is 279 g/mol. The predicted molar refractivity (Wildman–Crippen MR) is 87.4 cm³/mol. The van der Waals surface area contributed by atoms with E-state index in [0.717, 1.165) is 17.9 Å². The number of nitrogens with one attached hydrogen (secondary N) is 1. The molecule has 114 valence electrons. The molecule has 0 bridgehead atoms. The molecule has 0 aliphatic carbocycles. The van der Waals surface area contributed by atoms with E-state index in [1.54, 1.807) is 6.07 Å². The largest absolute Gasteiger partial charge is 0.321 e. The van der Waals surface area contributed by atoms with Crippen LogP contribution in [0, 0.1) is 5.82 Å². The molecule has 1 aliphatic heterocycles. The Labute approximate surface area is 129 Å². The standard InChI is InChI=1S/C17H19FN4/c1-2-15(19)17-20-16-10-6-9-14(18)13(16)11-22(17)21-12-7-4-3-5-8-12/h3-10,15,21H,2,11,19H2,1H3/t15-/m0/s1. The topological polar surface area (TPSA) is 53.6 Å². The van der Waals surface area contributed by atoms with Gasteiger partial charge in [0, 0.05) is 5.56 Å². The number of hydrazine groups is 1. The van der Waals surface area contributed by atoms with Gasteiger partial charge in [-0.1, -0.05) is 31.2 Å². The van der Waals surface area contributed by atoms with Crippen molar-refractivity contribution in [1.29, 1.82) is 0 Å². The van der Waals surface area contributed by atoms with Gasteiger partial charge in [-0.05, 0) is 30.7 Å². The molecule has 1 heterocycles. The molecule has 3 rings (SSSR count). The molecule has 0 radical (unpaired) electrons. The number of benzene rings is 2. The third-order valence-corrected chi connectivity index (χ3v) is 3.73. The molecule has 22 heavy (non-hydrogen) atoms. The zero-order valence-corrected chi connectivity index (χ0v) is 12.5. The number of para-hydroxylation sites is 1. The molecule has 0 unspecified atom stereocenters. The highest BCUT2D eigenvalue weighted by Crippen LogP contribution is 2.29. The lowest BCUT2D eigenvalue weighted by Gasteiger charge is -2.34. The second kappa shape index (κ2) is 6.15. The summed E-state index contributed by atoms with van der Waals surface area (Å²) in [7, 11) is 0. The number of aliphatic imine (C=N–C) groups is 1. The first-order chi connectivity index (χ1) is 10.7. The zero-order valence-electron chi connectivity index (χ0n) is 12.5. The van der Waals surface area contributed by atoms with E-state index >= 15 is 0 Å². The Bertz CT molecular complexity index is 684. The predicted octanol–water partition coefficient (Wildman–Crippen LogP) is 3.44. The van der Waals surface area contributed by atoms with Gasteiger partial charge in [0.15, 0.2) is 0 Å². The second-order valence-corrected chi connectivity index (χ2v) is 5.29. The molecule has 0 aromatic heterocycles. The molecule has 3 N–H and O–H groups in total. The molecule has 5 heteroatoms. The maximum absolute atomic E-state index is 14.0. The van der Waals surface area contributed by atoms with Gasteiger partial charge >= 0.3 is 0 Å². The number of rotatable bonds is 4. The van der Waals surface area contributed by atoms with Crippen LogP contribution >= 0.6 is 0 Å². The Morgan fingerprint density at radius 2 is 2.00 bits per heavy atom. The number of nitrogens with two attached hydrogens (primary N) is 1. The Hall–Kier alpha value is -2.40. The van der Waals surface area contributed by atoms with E-state index < -0.39 is 0 Å². The molecule has 2 aromatic rings. The van der Waals surface area contributed by atoms with Gasteiger partial charge in [0.25, 0.3) is 0 Å². The highest BCUT2D eigenvalue weighted by Gasteiger charge is 2.25. The Balaban J connectivity index is 1.97. The van der Waals surface area contributed by atoms with Crippen LogP contribution in [0.2, 0.25) is 0 Å². The lowest BCUT2D eigenvalue weighted by molar-refractivity contribution is 0.446. The van der Waals surface area contributed by atoms with Crippen molar-refractivity contribution < 1.29 is 4.39 Å². The van der Waals surface area contributed by atoms with Crippen LogP contribution in [0.5, 0.6) is 0 Å². The van der Waals surface area contributed by atoms with Crippen molar-refractivity contribution in [3.63, 3.8) is 0 Å². The van der Waals surface area contributed by atoms with Crippen LogP contribution < -0.4 is 11.2 Å². The molecule has 1 aliphatic rings. The first kappa shape index (κ1) is 14.5. The number of hydrogen-bond acceptors (Lipinski definition) is 4. The van der Waals surface area contributed by atoms with E-state index in [-0.39, 0.29) is 11.9 Å². The summed E-state index contributed by atoms with van der Waals surface area (Å²) >= 11 is 0. The van der Waals surface area contributed by atoms with E-state index in [2.05, 4.69) is 10.4 Å². The van der Waals surface area contributed by atoms with Gasteiger partial charge in [0.2, 0.25) is 0 Å². The third-order valence-electron chi connectivity index (χ3n) is 3.73. The summed E-state index contributed by atoms with van der Waals surface area (Å²) in [6.45, 7) is 2.40. The lowest BCUT2D eigenvalue weighted by atomic mass is 10.1. The van der Waals surface area contributed by atoms with Crippen molar-refractivity contribution in [3.05, 3.63) is 59.9 Å². The highest BCUT2D eigenvalue weighted by atomic mass is 19.1. The SMILES string of the molecule is CC[C@H](N)C1=Nc2cccc(F)c2CN1Nc1ccccc1. The van der Waals surface area contributed by atoms with Gasteiger partial charge in [-0.25, -0.2) is 9.38 Å². The smallest absolute Gasteiger partial charge is 0.141 e. The normalized spacial score (nSPS) is 15.0. The molecule has 2 aromatic carbocycles. The number of halogens is 1. The van der Waals surface area contributed by atoms with E-state index in [1.165, 1.54) is 6.07 Å².